The van der Waals surface area contributed by atoms with Crippen molar-refractivity contribution in [2.75, 3.05) is 11.9 Å². The van der Waals surface area contributed by atoms with E-state index >= 15 is 0 Å². The fraction of sp³-hybridized carbons (Fsp3) is 0.471. The van der Waals surface area contributed by atoms with E-state index in [-0.39, 0.29) is 11.5 Å². The second-order valence-electron chi connectivity index (χ2n) is 6.85. The summed E-state index contributed by atoms with van der Waals surface area (Å²) in [4.78, 5) is 8.28. The highest BCUT2D eigenvalue weighted by atomic mass is 32.1. The highest BCUT2D eigenvalue weighted by Crippen LogP contribution is 2.44. The summed E-state index contributed by atoms with van der Waals surface area (Å²) < 4.78 is 0. The van der Waals surface area contributed by atoms with Crippen LogP contribution in [0, 0.1) is 12.3 Å². The number of hydrogen-bond donors (Lipinski definition) is 1. The van der Waals surface area contributed by atoms with Gasteiger partial charge in [0.2, 0.25) is 0 Å². The monoisotopic (exact) mass is 301 g/mol. The molecular formula is C17H23N3S. The fourth-order valence-corrected chi connectivity index (χ4v) is 4.07. The van der Waals surface area contributed by atoms with Crippen LogP contribution in [0.1, 0.15) is 42.4 Å². The van der Waals surface area contributed by atoms with Gasteiger partial charge in [-0.2, -0.15) is 0 Å². The molecule has 0 bridgehead atoms. The molecule has 0 spiro atoms. The third-order valence-electron chi connectivity index (χ3n) is 4.18. The molecule has 4 heteroatoms. The van der Waals surface area contributed by atoms with Crippen LogP contribution < -0.4 is 10.6 Å². The second kappa shape index (κ2) is 5.11. The number of nitrogens with zero attached hydrogens (tertiary/aromatic N) is 2. The zero-order chi connectivity index (χ0) is 15.2. The second-order valence-corrected chi connectivity index (χ2v) is 7.86. The fourth-order valence-electron chi connectivity index (χ4n) is 3.00. The summed E-state index contributed by atoms with van der Waals surface area (Å²) >= 11 is 1.74. The van der Waals surface area contributed by atoms with Crippen molar-refractivity contribution in [3.8, 4) is 0 Å². The van der Waals surface area contributed by atoms with Crippen LogP contribution in [0.3, 0.4) is 0 Å². The predicted octanol–water partition coefficient (Wildman–Crippen LogP) is 4.19. The highest BCUT2D eigenvalue weighted by molar-refractivity contribution is 7.15. The van der Waals surface area contributed by atoms with Gasteiger partial charge in [0.25, 0.3) is 0 Å². The lowest BCUT2D eigenvalue weighted by molar-refractivity contribution is 0.282. The Morgan fingerprint density at radius 3 is 2.62 bits per heavy atom. The lowest BCUT2D eigenvalue weighted by atomic mass is 9.77. The number of fused-ring (bicyclic) bond motifs is 1. The SMILES string of the molecule is Cc1ccc(N(C)c2nc3c(s2)C(N)CC(C)(C)C3)cc1. The minimum Gasteiger partial charge on any atom is -0.323 e. The molecule has 3 nitrogen and oxygen atoms in total. The molecule has 3 rings (SSSR count). The summed E-state index contributed by atoms with van der Waals surface area (Å²) in [5.74, 6) is 0. The maximum atomic E-state index is 6.35. The van der Waals surface area contributed by atoms with Crippen molar-refractivity contribution in [1.82, 2.24) is 4.98 Å². The van der Waals surface area contributed by atoms with E-state index in [1.54, 1.807) is 11.3 Å². The van der Waals surface area contributed by atoms with Gasteiger partial charge in [-0.25, -0.2) is 4.98 Å². The first-order valence-electron chi connectivity index (χ1n) is 7.41. The van der Waals surface area contributed by atoms with Gasteiger partial charge in [-0.1, -0.05) is 42.9 Å². The Labute approximate surface area is 130 Å². The standard InChI is InChI=1S/C17H23N3S/c1-11-5-7-12(8-6-11)20(4)16-19-14-10-17(2,3)9-13(18)15(14)21-16/h5-8,13H,9-10,18H2,1-4H3. The third kappa shape index (κ3) is 2.83. The van der Waals surface area contributed by atoms with Gasteiger partial charge in [0, 0.05) is 23.7 Å². The first-order valence-corrected chi connectivity index (χ1v) is 8.23. The number of thiazole rings is 1. The topological polar surface area (TPSA) is 42.2 Å². The van der Waals surface area contributed by atoms with E-state index in [4.69, 9.17) is 10.7 Å². The average Bonchev–Trinajstić information content (AvgIpc) is 2.81. The molecule has 1 heterocycles. The lowest BCUT2D eigenvalue weighted by Gasteiger charge is -2.32. The molecule has 0 saturated carbocycles. The largest absolute Gasteiger partial charge is 0.323 e. The first kappa shape index (κ1) is 14.5. The van der Waals surface area contributed by atoms with Crippen molar-refractivity contribution in [2.24, 2.45) is 11.1 Å². The van der Waals surface area contributed by atoms with Crippen molar-refractivity contribution < 1.29 is 0 Å². The van der Waals surface area contributed by atoms with Crippen LogP contribution in [0.25, 0.3) is 0 Å². The van der Waals surface area contributed by atoms with Gasteiger partial charge in [0.15, 0.2) is 5.13 Å². The Morgan fingerprint density at radius 2 is 1.95 bits per heavy atom. The summed E-state index contributed by atoms with van der Waals surface area (Å²) in [6.07, 6.45) is 2.06. The first-order chi connectivity index (χ1) is 9.85. The molecule has 21 heavy (non-hydrogen) atoms. The van der Waals surface area contributed by atoms with Crippen LogP contribution >= 0.6 is 11.3 Å². The molecule has 0 saturated heterocycles. The van der Waals surface area contributed by atoms with Crippen molar-refractivity contribution in [3.63, 3.8) is 0 Å². The normalized spacial score (nSPS) is 20.1. The minimum absolute atomic E-state index is 0.126. The molecule has 1 unspecified atom stereocenters. The molecule has 0 fully saturated rings. The van der Waals surface area contributed by atoms with E-state index in [0.29, 0.717) is 0 Å². The van der Waals surface area contributed by atoms with Crippen molar-refractivity contribution in [1.29, 1.82) is 0 Å². The van der Waals surface area contributed by atoms with Gasteiger partial charge < -0.3 is 10.6 Å². The van der Waals surface area contributed by atoms with Crippen LogP contribution in [0.2, 0.25) is 0 Å². The molecule has 1 aromatic carbocycles. The van der Waals surface area contributed by atoms with Crippen molar-refractivity contribution in [3.05, 3.63) is 40.4 Å². The summed E-state index contributed by atoms with van der Waals surface area (Å²) in [5.41, 5.74) is 10.2. The van der Waals surface area contributed by atoms with E-state index in [1.165, 1.54) is 21.8 Å². The van der Waals surface area contributed by atoms with Gasteiger partial charge in [0.05, 0.1) is 5.69 Å². The zero-order valence-electron chi connectivity index (χ0n) is 13.2. The smallest absolute Gasteiger partial charge is 0.190 e. The van der Waals surface area contributed by atoms with Gasteiger partial charge >= 0.3 is 0 Å². The van der Waals surface area contributed by atoms with Crippen molar-refractivity contribution >= 4 is 22.2 Å². The lowest BCUT2D eigenvalue weighted by Crippen LogP contribution is -2.28. The van der Waals surface area contributed by atoms with Gasteiger partial charge in [-0.15, -0.1) is 0 Å². The van der Waals surface area contributed by atoms with Gasteiger partial charge in [-0.05, 0) is 37.3 Å². The number of nitrogens with two attached hydrogens (primary N) is 1. The molecule has 0 aliphatic heterocycles. The Hall–Kier alpha value is -1.39. The van der Waals surface area contributed by atoms with Crippen LogP contribution in [-0.2, 0) is 6.42 Å². The quantitative estimate of drug-likeness (QED) is 0.904. The molecule has 1 aliphatic carbocycles. The number of rotatable bonds is 2. The molecule has 1 aromatic heterocycles. The summed E-state index contributed by atoms with van der Waals surface area (Å²) in [5, 5.41) is 1.04. The maximum absolute atomic E-state index is 6.35. The molecule has 0 amide bonds. The molecule has 2 aromatic rings. The van der Waals surface area contributed by atoms with Gasteiger partial charge in [-0.3, -0.25) is 0 Å². The zero-order valence-corrected chi connectivity index (χ0v) is 14.0. The summed E-state index contributed by atoms with van der Waals surface area (Å²) in [7, 11) is 2.08. The minimum atomic E-state index is 0.126. The van der Waals surface area contributed by atoms with E-state index in [9.17, 15) is 0 Å². The molecule has 1 atom stereocenters. The van der Waals surface area contributed by atoms with E-state index in [1.807, 2.05) is 0 Å². The van der Waals surface area contributed by atoms with Crippen LogP contribution in [0.15, 0.2) is 24.3 Å². The molecule has 1 aliphatic rings. The average molecular weight is 301 g/mol. The molecular weight excluding hydrogens is 278 g/mol. The Morgan fingerprint density at radius 1 is 1.29 bits per heavy atom. The molecule has 2 N–H and O–H groups in total. The number of hydrogen-bond acceptors (Lipinski definition) is 4. The maximum Gasteiger partial charge on any atom is 0.190 e. The van der Waals surface area contributed by atoms with E-state index < -0.39 is 0 Å². The Bertz CT molecular complexity index is 643. The van der Waals surface area contributed by atoms with Crippen LogP contribution in [-0.4, -0.2) is 12.0 Å². The van der Waals surface area contributed by atoms with Gasteiger partial charge in [0.1, 0.15) is 0 Å². The Balaban J connectivity index is 1.92. The Kier molecular flexibility index (Phi) is 3.54. The highest BCUT2D eigenvalue weighted by Gasteiger charge is 2.33. The number of aromatic nitrogens is 1. The molecule has 112 valence electrons. The number of aryl methyl sites for hydroxylation is 1. The van der Waals surface area contributed by atoms with E-state index in [0.717, 1.165) is 18.0 Å². The summed E-state index contributed by atoms with van der Waals surface area (Å²) in [6.45, 7) is 6.66. The third-order valence-corrected chi connectivity index (χ3v) is 5.49. The number of anilines is 2. The predicted molar refractivity (Wildman–Crippen MR) is 90.4 cm³/mol. The van der Waals surface area contributed by atoms with Crippen LogP contribution in [0.4, 0.5) is 10.8 Å². The van der Waals surface area contributed by atoms with Crippen molar-refractivity contribution in [2.45, 2.75) is 39.7 Å². The summed E-state index contributed by atoms with van der Waals surface area (Å²) in [6, 6.07) is 8.67. The van der Waals surface area contributed by atoms with Crippen LogP contribution in [0.5, 0.6) is 0 Å². The number of benzene rings is 1. The van der Waals surface area contributed by atoms with E-state index in [2.05, 4.69) is 57.0 Å². The molecule has 0 radical (unpaired) electrons.